The minimum absolute atomic E-state index is 0.0755. The van der Waals surface area contributed by atoms with Crippen LogP contribution in [0.5, 0.6) is 0 Å². The third-order valence-corrected chi connectivity index (χ3v) is 6.67. The van der Waals surface area contributed by atoms with Crippen LogP contribution < -0.4 is 5.32 Å². The molecule has 1 amide bonds. The van der Waals surface area contributed by atoms with Crippen LogP contribution in [0.4, 0.5) is 0 Å². The summed E-state index contributed by atoms with van der Waals surface area (Å²) in [7, 11) is -3.48. The Balaban J connectivity index is 1.53. The van der Waals surface area contributed by atoms with Crippen molar-refractivity contribution in [3.63, 3.8) is 0 Å². The molecule has 7 heteroatoms. The van der Waals surface area contributed by atoms with Gasteiger partial charge in [0.05, 0.1) is 0 Å². The Bertz CT molecular complexity index is 861. The fourth-order valence-electron chi connectivity index (χ4n) is 3.16. The van der Waals surface area contributed by atoms with Crippen molar-refractivity contribution in [3.8, 4) is 0 Å². The first kappa shape index (κ1) is 18.5. The van der Waals surface area contributed by atoms with E-state index < -0.39 is 10.0 Å². The first-order chi connectivity index (χ1) is 12.5. The number of nitrogens with one attached hydrogen (secondary N) is 1. The smallest absolute Gasteiger partial charge is 0.251 e. The molecule has 1 aromatic heterocycles. The number of piperidine rings is 1. The molecule has 2 aromatic rings. The van der Waals surface area contributed by atoms with E-state index in [-0.39, 0.29) is 16.7 Å². The summed E-state index contributed by atoms with van der Waals surface area (Å²) in [6.07, 6.45) is 4.40. The number of pyridine rings is 1. The molecule has 1 aromatic carbocycles. The van der Waals surface area contributed by atoms with Crippen LogP contribution in [0.3, 0.4) is 0 Å². The fourth-order valence-corrected chi connectivity index (χ4v) is 4.60. The average molecular weight is 373 g/mol. The van der Waals surface area contributed by atoms with Crippen molar-refractivity contribution in [2.45, 2.75) is 24.7 Å². The van der Waals surface area contributed by atoms with Gasteiger partial charge in [0.1, 0.15) is 4.90 Å². The maximum Gasteiger partial charge on any atom is 0.251 e. The number of rotatable bonds is 5. The van der Waals surface area contributed by atoms with Crippen LogP contribution in [0.15, 0.2) is 53.7 Å². The van der Waals surface area contributed by atoms with Gasteiger partial charge >= 0.3 is 0 Å². The monoisotopic (exact) mass is 373 g/mol. The summed E-state index contributed by atoms with van der Waals surface area (Å²) in [6, 6.07) is 10.7. The van der Waals surface area contributed by atoms with E-state index in [9.17, 15) is 13.2 Å². The molecular weight excluding hydrogens is 350 g/mol. The van der Waals surface area contributed by atoms with Crippen molar-refractivity contribution in [2.75, 3.05) is 19.6 Å². The minimum Gasteiger partial charge on any atom is -0.352 e. The lowest BCUT2D eigenvalue weighted by molar-refractivity contribution is 0.0941. The van der Waals surface area contributed by atoms with Gasteiger partial charge in [-0.1, -0.05) is 18.2 Å². The zero-order valence-electron chi connectivity index (χ0n) is 14.8. The zero-order valence-corrected chi connectivity index (χ0v) is 15.6. The Kier molecular flexibility index (Phi) is 5.68. The van der Waals surface area contributed by atoms with Crippen molar-refractivity contribution in [3.05, 3.63) is 59.9 Å². The molecule has 0 spiro atoms. The molecule has 3 rings (SSSR count). The molecule has 1 saturated heterocycles. The number of nitrogens with zero attached hydrogens (tertiary/aromatic N) is 2. The topological polar surface area (TPSA) is 79.4 Å². The first-order valence-corrected chi connectivity index (χ1v) is 10.2. The Morgan fingerprint density at radius 3 is 2.58 bits per heavy atom. The first-order valence-electron chi connectivity index (χ1n) is 8.72. The van der Waals surface area contributed by atoms with E-state index >= 15 is 0 Å². The number of carbonyl (C=O) groups excluding carboxylic acids is 1. The molecule has 26 heavy (non-hydrogen) atoms. The molecule has 1 N–H and O–H groups in total. The Hall–Kier alpha value is -2.25. The van der Waals surface area contributed by atoms with Gasteiger partial charge in [0, 0.05) is 37.6 Å². The van der Waals surface area contributed by atoms with Gasteiger partial charge in [0.25, 0.3) is 5.91 Å². The normalized spacial score (nSPS) is 16.3. The third kappa shape index (κ3) is 4.11. The molecule has 0 unspecified atom stereocenters. The highest BCUT2D eigenvalue weighted by Gasteiger charge is 2.29. The summed E-state index contributed by atoms with van der Waals surface area (Å²) >= 11 is 0. The number of hydrogen-bond donors (Lipinski definition) is 1. The van der Waals surface area contributed by atoms with Gasteiger partial charge in [-0.3, -0.25) is 9.78 Å². The van der Waals surface area contributed by atoms with Gasteiger partial charge in [-0.15, -0.1) is 0 Å². The second-order valence-corrected chi connectivity index (χ2v) is 8.50. The quantitative estimate of drug-likeness (QED) is 0.872. The molecule has 0 atom stereocenters. The molecule has 0 radical (unpaired) electrons. The van der Waals surface area contributed by atoms with Crippen molar-refractivity contribution in [1.29, 1.82) is 0 Å². The highest BCUT2D eigenvalue weighted by molar-refractivity contribution is 7.89. The lowest BCUT2D eigenvalue weighted by Gasteiger charge is -2.31. The van der Waals surface area contributed by atoms with Gasteiger partial charge in [0.2, 0.25) is 10.0 Å². The number of aromatic nitrogens is 1. The summed E-state index contributed by atoms with van der Waals surface area (Å²) in [5.41, 5.74) is 1.63. The molecule has 2 heterocycles. The molecule has 6 nitrogen and oxygen atoms in total. The summed E-state index contributed by atoms with van der Waals surface area (Å²) < 4.78 is 26.7. The summed E-state index contributed by atoms with van der Waals surface area (Å²) in [4.78, 5) is 16.4. The van der Waals surface area contributed by atoms with E-state index in [1.54, 1.807) is 18.3 Å². The standard InChI is InChI=1S/C19H23N3O3S/c1-15-5-2-3-7-18(15)19(23)21-13-16-8-11-22(12-9-16)26(24,25)17-6-4-10-20-14-17/h2-7,10,14,16H,8-9,11-13H2,1H3,(H,21,23). The van der Waals surface area contributed by atoms with Crippen molar-refractivity contribution in [2.24, 2.45) is 5.92 Å². The van der Waals surface area contributed by atoms with Gasteiger partial charge in [-0.2, -0.15) is 4.31 Å². The molecule has 1 aliphatic heterocycles. The van der Waals surface area contributed by atoms with E-state index in [2.05, 4.69) is 10.3 Å². The van der Waals surface area contributed by atoms with E-state index in [4.69, 9.17) is 0 Å². The molecule has 1 aliphatic rings. The van der Waals surface area contributed by atoms with Crippen molar-refractivity contribution in [1.82, 2.24) is 14.6 Å². The van der Waals surface area contributed by atoms with E-state index in [1.807, 2.05) is 31.2 Å². The number of hydrogen-bond acceptors (Lipinski definition) is 4. The molecule has 138 valence electrons. The fraction of sp³-hybridized carbons (Fsp3) is 0.368. The largest absolute Gasteiger partial charge is 0.352 e. The number of aryl methyl sites for hydroxylation is 1. The molecule has 1 fully saturated rings. The maximum absolute atomic E-state index is 12.6. The van der Waals surface area contributed by atoms with E-state index in [1.165, 1.54) is 10.5 Å². The summed E-state index contributed by atoms with van der Waals surface area (Å²) in [5.74, 6) is 0.205. The van der Waals surface area contributed by atoms with Crippen LogP contribution in [0.1, 0.15) is 28.8 Å². The number of carbonyl (C=O) groups is 1. The minimum atomic E-state index is -3.48. The maximum atomic E-state index is 12.6. The van der Waals surface area contributed by atoms with Crippen LogP contribution in [-0.4, -0.2) is 43.2 Å². The van der Waals surface area contributed by atoms with Gasteiger partial charge in [0.15, 0.2) is 0 Å². The molecular formula is C19H23N3O3S. The van der Waals surface area contributed by atoms with Crippen LogP contribution in [-0.2, 0) is 10.0 Å². The third-order valence-electron chi connectivity index (χ3n) is 4.79. The Morgan fingerprint density at radius 1 is 1.19 bits per heavy atom. The van der Waals surface area contributed by atoms with Crippen molar-refractivity contribution < 1.29 is 13.2 Å². The highest BCUT2D eigenvalue weighted by Crippen LogP contribution is 2.23. The second kappa shape index (κ2) is 7.97. The Morgan fingerprint density at radius 2 is 1.92 bits per heavy atom. The number of benzene rings is 1. The van der Waals surface area contributed by atoms with Crippen LogP contribution in [0, 0.1) is 12.8 Å². The van der Waals surface area contributed by atoms with Gasteiger partial charge in [-0.05, 0) is 49.4 Å². The summed E-state index contributed by atoms with van der Waals surface area (Å²) in [6.45, 7) is 3.40. The predicted octanol–water partition coefficient (Wildman–Crippen LogP) is 2.22. The Labute approximate surface area is 154 Å². The average Bonchev–Trinajstić information content (AvgIpc) is 2.67. The number of amides is 1. The van der Waals surface area contributed by atoms with Gasteiger partial charge < -0.3 is 5.32 Å². The van der Waals surface area contributed by atoms with Crippen molar-refractivity contribution >= 4 is 15.9 Å². The zero-order chi connectivity index (χ0) is 18.6. The molecule has 0 bridgehead atoms. The lowest BCUT2D eigenvalue weighted by Crippen LogP contribution is -2.41. The lowest BCUT2D eigenvalue weighted by atomic mass is 9.98. The molecule has 0 aliphatic carbocycles. The second-order valence-electron chi connectivity index (χ2n) is 6.56. The van der Waals surface area contributed by atoms with E-state index in [0.717, 1.165) is 18.4 Å². The number of sulfonamides is 1. The SMILES string of the molecule is Cc1ccccc1C(=O)NCC1CCN(S(=O)(=O)c2cccnc2)CC1. The predicted molar refractivity (Wildman–Crippen MR) is 99.2 cm³/mol. The molecule has 0 saturated carbocycles. The van der Waals surface area contributed by atoms with Crippen LogP contribution in [0.25, 0.3) is 0 Å². The highest BCUT2D eigenvalue weighted by atomic mass is 32.2. The van der Waals surface area contributed by atoms with Crippen LogP contribution >= 0.6 is 0 Å². The van der Waals surface area contributed by atoms with Gasteiger partial charge in [-0.25, -0.2) is 8.42 Å². The summed E-state index contributed by atoms with van der Waals surface area (Å²) in [5, 5.41) is 2.98. The van der Waals surface area contributed by atoms with Crippen LogP contribution in [0.2, 0.25) is 0 Å². The van der Waals surface area contributed by atoms with E-state index in [0.29, 0.717) is 25.2 Å².